The lowest BCUT2D eigenvalue weighted by Gasteiger charge is -2.23. The molecule has 124 valence electrons. The van der Waals surface area contributed by atoms with Crippen molar-refractivity contribution >= 4 is 29.9 Å². The minimum Gasteiger partial charge on any atom is -0.434 e. The highest BCUT2D eigenvalue weighted by Gasteiger charge is 2.33. The molecule has 0 saturated carbocycles. The van der Waals surface area contributed by atoms with Gasteiger partial charge in [-0.3, -0.25) is 4.79 Å². The molecule has 0 bridgehead atoms. The van der Waals surface area contributed by atoms with Gasteiger partial charge in [0.25, 0.3) is 5.91 Å². The Labute approximate surface area is 139 Å². The molecule has 2 atom stereocenters. The van der Waals surface area contributed by atoms with Crippen molar-refractivity contribution in [3.63, 3.8) is 0 Å². The second-order valence-corrected chi connectivity index (χ2v) is 5.60. The van der Waals surface area contributed by atoms with Crippen molar-refractivity contribution in [1.82, 2.24) is 4.90 Å². The van der Waals surface area contributed by atoms with E-state index in [2.05, 4.69) is 4.74 Å². The van der Waals surface area contributed by atoms with Crippen LogP contribution in [0.1, 0.15) is 23.7 Å². The summed E-state index contributed by atoms with van der Waals surface area (Å²) in [6.07, 6.45) is 0.799. The van der Waals surface area contributed by atoms with Crippen LogP contribution in [0.4, 0.5) is 8.78 Å². The zero-order valence-corrected chi connectivity index (χ0v) is 13.5. The fourth-order valence-corrected chi connectivity index (χ4v) is 2.79. The predicted molar refractivity (Wildman–Crippen MR) is 83.0 cm³/mol. The van der Waals surface area contributed by atoms with E-state index in [0.29, 0.717) is 18.1 Å². The summed E-state index contributed by atoms with van der Waals surface area (Å²) < 4.78 is 29.3. The Morgan fingerprint density at radius 3 is 2.77 bits per heavy atom. The van der Waals surface area contributed by atoms with Crippen LogP contribution >= 0.6 is 24.0 Å². The van der Waals surface area contributed by atoms with Gasteiger partial charge in [0.2, 0.25) is 0 Å². The van der Waals surface area contributed by atoms with E-state index in [1.54, 1.807) is 4.90 Å². The van der Waals surface area contributed by atoms with Crippen molar-refractivity contribution in [2.45, 2.75) is 26.0 Å². The van der Waals surface area contributed by atoms with Crippen LogP contribution in [0.2, 0.25) is 5.02 Å². The maximum absolute atomic E-state index is 12.6. The minimum absolute atomic E-state index is 0. The first kappa shape index (κ1) is 18.9. The molecule has 8 heteroatoms. The quantitative estimate of drug-likeness (QED) is 0.903. The Bertz CT molecular complexity index is 532. The lowest BCUT2D eigenvalue weighted by molar-refractivity contribution is -0.0502. The molecular weight excluding hydrogens is 337 g/mol. The van der Waals surface area contributed by atoms with E-state index in [9.17, 15) is 13.6 Å². The molecule has 2 rings (SSSR count). The number of rotatable bonds is 4. The predicted octanol–water partition coefficient (Wildman–Crippen LogP) is 3.17. The summed E-state index contributed by atoms with van der Waals surface area (Å²) in [5, 5.41) is 0.294. The maximum Gasteiger partial charge on any atom is 0.387 e. The summed E-state index contributed by atoms with van der Waals surface area (Å²) >= 11 is 5.86. The smallest absolute Gasteiger partial charge is 0.387 e. The molecule has 0 radical (unpaired) electrons. The van der Waals surface area contributed by atoms with E-state index < -0.39 is 6.61 Å². The van der Waals surface area contributed by atoms with Crippen molar-refractivity contribution in [1.29, 1.82) is 0 Å². The number of carbonyl (C=O) groups is 1. The Morgan fingerprint density at radius 2 is 2.23 bits per heavy atom. The third kappa shape index (κ3) is 4.21. The van der Waals surface area contributed by atoms with Crippen LogP contribution in [-0.4, -0.2) is 36.5 Å². The molecular formula is C14H18Cl2F2N2O2. The van der Waals surface area contributed by atoms with Crippen LogP contribution in [0.15, 0.2) is 18.2 Å². The lowest BCUT2D eigenvalue weighted by Crippen LogP contribution is -2.34. The number of carbonyl (C=O) groups excluding carboxylic acids is 1. The number of nitrogens with zero attached hydrogens (tertiary/aromatic N) is 1. The molecule has 0 aromatic heterocycles. The molecule has 1 aromatic rings. The Kier molecular flexibility index (Phi) is 6.84. The third-order valence-electron chi connectivity index (χ3n) is 3.64. The average Bonchev–Trinajstić information content (AvgIpc) is 2.81. The summed E-state index contributed by atoms with van der Waals surface area (Å²) in [7, 11) is 0. The molecule has 1 heterocycles. The van der Waals surface area contributed by atoms with Gasteiger partial charge in [0.05, 0.1) is 5.56 Å². The van der Waals surface area contributed by atoms with Gasteiger partial charge in [0.15, 0.2) is 0 Å². The minimum atomic E-state index is -2.99. The van der Waals surface area contributed by atoms with Gasteiger partial charge in [-0.25, -0.2) is 0 Å². The number of hydrogen-bond donors (Lipinski definition) is 1. The van der Waals surface area contributed by atoms with E-state index in [-0.39, 0.29) is 41.6 Å². The van der Waals surface area contributed by atoms with Crippen molar-refractivity contribution < 1.29 is 18.3 Å². The molecule has 1 amide bonds. The number of amides is 1. The molecule has 22 heavy (non-hydrogen) atoms. The second kappa shape index (κ2) is 7.94. The highest BCUT2D eigenvalue weighted by molar-refractivity contribution is 6.31. The molecule has 1 aromatic carbocycles. The van der Waals surface area contributed by atoms with Gasteiger partial charge in [-0.15, -0.1) is 12.4 Å². The molecule has 1 saturated heterocycles. The molecule has 1 aliphatic heterocycles. The Hall–Kier alpha value is -1.11. The van der Waals surface area contributed by atoms with E-state index >= 15 is 0 Å². The SMILES string of the molecule is CC1CC(CN)CN1C(=O)c1cc(Cl)ccc1OC(F)F.Cl. The number of benzene rings is 1. The second-order valence-electron chi connectivity index (χ2n) is 5.16. The molecule has 4 nitrogen and oxygen atoms in total. The first-order valence-electron chi connectivity index (χ1n) is 6.67. The van der Waals surface area contributed by atoms with E-state index in [4.69, 9.17) is 17.3 Å². The van der Waals surface area contributed by atoms with Crippen LogP contribution in [0, 0.1) is 5.92 Å². The largest absolute Gasteiger partial charge is 0.434 e. The maximum atomic E-state index is 12.6. The van der Waals surface area contributed by atoms with Gasteiger partial charge in [0.1, 0.15) is 5.75 Å². The summed E-state index contributed by atoms with van der Waals surface area (Å²) in [5.74, 6) is -0.304. The molecule has 1 aliphatic rings. The number of nitrogens with two attached hydrogens (primary N) is 1. The standard InChI is InChI=1S/C14H17ClF2N2O2.ClH/c1-8-4-9(6-18)7-19(8)13(20)11-5-10(15)2-3-12(11)21-14(16)17;/h2-3,5,8-9,14H,4,6-7,18H2,1H3;1H. The summed E-state index contributed by atoms with van der Waals surface area (Å²) in [6.45, 7) is -0.0852. The zero-order chi connectivity index (χ0) is 15.6. The Balaban J connectivity index is 0.00000242. The molecule has 2 N–H and O–H groups in total. The highest BCUT2D eigenvalue weighted by Crippen LogP contribution is 2.30. The van der Waals surface area contributed by atoms with E-state index in [0.717, 1.165) is 6.42 Å². The van der Waals surface area contributed by atoms with Crippen LogP contribution in [-0.2, 0) is 0 Å². The number of ether oxygens (including phenoxy) is 1. The van der Waals surface area contributed by atoms with E-state index in [1.165, 1.54) is 18.2 Å². The van der Waals surface area contributed by atoms with Crippen molar-refractivity contribution in [3.8, 4) is 5.75 Å². The number of alkyl halides is 2. The molecule has 0 spiro atoms. The van der Waals surface area contributed by atoms with Crippen LogP contribution < -0.4 is 10.5 Å². The summed E-state index contributed by atoms with van der Waals surface area (Å²) in [5.41, 5.74) is 5.68. The number of likely N-dealkylation sites (tertiary alicyclic amines) is 1. The van der Waals surface area contributed by atoms with Gasteiger partial charge in [0, 0.05) is 17.6 Å². The number of halogens is 4. The van der Waals surface area contributed by atoms with Crippen molar-refractivity contribution in [2.75, 3.05) is 13.1 Å². The van der Waals surface area contributed by atoms with Gasteiger partial charge in [-0.1, -0.05) is 11.6 Å². The van der Waals surface area contributed by atoms with Crippen molar-refractivity contribution in [2.24, 2.45) is 11.7 Å². The van der Waals surface area contributed by atoms with E-state index in [1.807, 2.05) is 6.92 Å². The Morgan fingerprint density at radius 1 is 1.55 bits per heavy atom. The van der Waals surface area contributed by atoms with Crippen molar-refractivity contribution in [3.05, 3.63) is 28.8 Å². The van der Waals surface area contributed by atoms with Crippen LogP contribution in [0.5, 0.6) is 5.75 Å². The van der Waals surface area contributed by atoms with Crippen LogP contribution in [0.25, 0.3) is 0 Å². The molecule has 1 fully saturated rings. The number of hydrogen-bond acceptors (Lipinski definition) is 3. The first-order chi connectivity index (χ1) is 9.92. The lowest BCUT2D eigenvalue weighted by atomic mass is 10.1. The molecule has 2 unspecified atom stereocenters. The fourth-order valence-electron chi connectivity index (χ4n) is 2.62. The van der Waals surface area contributed by atoms with Gasteiger partial charge < -0.3 is 15.4 Å². The fraction of sp³-hybridized carbons (Fsp3) is 0.500. The average molecular weight is 355 g/mol. The normalized spacial score (nSPS) is 20.9. The summed E-state index contributed by atoms with van der Waals surface area (Å²) in [4.78, 5) is 14.2. The molecule has 0 aliphatic carbocycles. The summed E-state index contributed by atoms with van der Waals surface area (Å²) in [6, 6.07) is 4.04. The van der Waals surface area contributed by atoms with Crippen LogP contribution in [0.3, 0.4) is 0 Å². The monoisotopic (exact) mass is 354 g/mol. The van der Waals surface area contributed by atoms with Gasteiger partial charge in [-0.2, -0.15) is 8.78 Å². The van der Waals surface area contributed by atoms with Gasteiger partial charge >= 0.3 is 6.61 Å². The third-order valence-corrected chi connectivity index (χ3v) is 3.88. The zero-order valence-electron chi connectivity index (χ0n) is 12.0. The van der Waals surface area contributed by atoms with Gasteiger partial charge in [-0.05, 0) is 44.0 Å². The topological polar surface area (TPSA) is 55.6 Å². The highest BCUT2D eigenvalue weighted by atomic mass is 35.5. The first-order valence-corrected chi connectivity index (χ1v) is 7.05.